The number of aryl methyl sites for hydroxylation is 1. The maximum Gasteiger partial charge on any atom is 0.174 e. The van der Waals surface area contributed by atoms with Gasteiger partial charge in [-0.25, -0.2) is 0 Å². The quantitative estimate of drug-likeness (QED) is 0.738. The number of nitrogens with one attached hydrogen (secondary N) is 1. The molecule has 0 bridgehead atoms. The molecule has 1 N–H and O–H groups in total. The number of hydrogen-bond donors (Lipinski definition) is 1. The minimum absolute atomic E-state index is 0.369. The summed E-state index contributed by atoms with van der Waals surface area (Å²) in [6, 6.07) is 5.89. The highest BCUT2D eigenvalue weighted by Crippen LogP contribution is 2.28. The summed E-state index contributed by atoms with van der Waals surface area (Å²) < 4.78 is 17.0. The molecule has 0 amide bonds. The van der Waals surface area contributed by atoms with E-state index in [-0.39, 0.29) is 0 Å². The van der Waals surface area contributed by atoms with Crippen molar-refractivity contribution in [3.05, 3.63) is 45.8 Å². The fourth-order valence-electron chi connectivity index (χ4n) is 1.99. The van der Waals surface area contributed by atoms with Gasteiger partial charge in [-0.3, -0.25) is 0 Å². The van der Waals surface area contributed by atoms with Crippen LogP contribution in [0.3, 0.4) is 0 Å². The molecule has 0 saturated carbocycles. The Hall–Kier alpha value is -1.37. The molecule has 5 nitrogen and oxygen atoms in total. The van der Waals surface area contributed by atoms with Gasteiger partial charge in [0.15, 0.2) is 5.76 Å². The summed E-state index contributed by atoms with van der Waals surface area (Å²) >= 11 is 3.52. The third kappa shape index (κ3) is 4.84. The fourth-order valence-corrected chi connectivity index (χ4v) is 2.61. The van der Waals surface area contributed by atoms with Gasteiger partial charge in [-0.2, -0.15) is 0 Å². The van der Waals surface area contributed by atoms with Crippen LogP contribution in [0.5, 0.6) is 5.75 Å². The zero-order chi connectivity index (χ0) is 15.1. The van der Waals surface area contributed by atoms with Crippen LogP contribution in [0, 0.1) is 6.92 Å². The van der Waals surface area contributed by atoms with Crippen molar-refractivity contribution in [1.29, 1.82) is 0 Å². The van der Waals surface area contributed by atoms with Gasteiger partial charge in [-0.05, 0) is 24.6 Å². The molecule has 0 unspecified atom stereocenters. The molecule has 0 saturated heterocycles. The van der Waals surface area contributed by atoms with Crippen LogP contribution in [0.25, 0.3) is 0 Å². The summed E-state index contributed by atoms with van der Waals surface area (Å²) in [6.45, 7) is 4.59. The molecular weight excluding hydrogens is 336 g/mol. The number of hydrogen-bond acceptors (Lipinski definition) is 5. The molecule has 0 aliphatic rings. The van der Waals surface area contributed by atoms with E-state index in [0.29, 0.717) is 19.0 Å². The largest absolute Gasteiger partial charge is 0.485 e. The first-order chi connectivity index (χ1) is 10.2. The molecule has 0 radical (unpaired) electrons. The SMILES string of the molecule is COCCNCc1cc(Br)cc(C)c1OCc1ccno1. The molecule has 1 aromatic heterocycles. The van der Waals surface area contributed by atoms with Crippen molar-refractivity contribution in [2.75, 3.05) is 20.3 Å². The van der Waals surface area contributed by atoms with E-state index in [1.54, 1.807) is 19.4 Å². The Labute approximate surface area is 132 Å². The average Bonchev–Trinajstić information content (AvgIpc) is 2.95. The highest BCUT2D eigenvalue weighted by atomic mass is 79.9. The van der Waals surface area contributed by atoms with Crippen LogP contribution in [0.15, 0.2) is 33.4 Å². The molecule has 114 valence electrons. The van der Waals surface area contributed by atoms with Crippen LogP contribution in [-0.2, 0) is 17.9 Å². The number of methoxy groups -OCH3 is 1. The summed E-state index contributed by atoms with van der Waals surface area (Å²) in [5, 5.41) is 7.00. The van der Waals surface area contributed by atoms with Gasteiger partial charge in [0, 0.05) is 36.3 Å². The molecule has 0 atom stereocenters. The third-order valence-corrected chi connectivity index (χ3v) is 3.42. The first-order valence-electron chi connectivity index (χ1n) is 6.71. The predicted molar refractivity (Wildman–Crippen MR) is 83.3 cm³/mol. The summed E-state index contributed by atoms with van der Waals surface area (Å²) in [6.07, 6.45) is 1.61. The van der Waals surface area contributed by atoms with Crippen LogP contribution in [0.4, 0.5) is 0 Å². The smallest absolute Gasteiger partial charge is 0.174 e. The van der Waals surface area contributed by atoms with E-state index in [2.05, 4.69) is 32.5 Å². The normalized spacial score (nSPS) is 10.8. The predicted octanol–water partition coefficient (Wildman–Crippen LogP) is 3.06. The topological polar surface area (TPSA) is 56.5 Å². The van der Waals surface area contributed by atoms with Crippen LogP contribution >= 0.6 is 15.9 Å². The van der Waals surface area contributed by atoms with Crippen molar-refractivity contribution in [2.45, 2.75) is 20.1 Å². The standard InChI is InChI=1S/C15H19BrN2O3/c1-11-7-13(16)8-12(9-17-5-6-19-2)15(11)20-10-14-3-4-18-21-14/h3-4,7-8,17H,5-6,9-10H2,1-2H3. The number of benzene rings is 1. The lowest BCUT2D eigenvalue weighted by atomic mass is 10.1. The molecule has 2 aromatic rings. The van der Waals surface area contributed by atoms with Gasteiger partial charge >= 0.3 is 0 Å². The maximum atomic E-state index is 5.90. The van der Waals surface area contributed by atoms with Gasteiger partial charge in [0.25, 0.3) is 0 Å². The van der Waals surface area contributed by atoms with Gasteiger partial charge in [0.2, 0.25) is 0 Å². The van der Waals surface area contributed by atoms with E-state index < -0.39 is 0 Å². The zero-order valence-electron chi connectivity index (χ0n) is 12.2. The number of halogens is 1. The number of ether oxygens (including phenoxy) is 2. The van der Waals surface area contributed by atoms with Crippen molar-refractivity contribution in [3.8, 4) is 5.75 Å². The molecule has 0 fully saturated rings. The Morgan fingerprint density at radius 2 is 2.24 bits per heavy atom. The maximum absolute atomic E-state index is 5.90. The second kappa shape index (κ2) is 8.17. The minimum Gasteiger partial charge on any atom is -0.485 e. The fraction of sp³-hybridized carbons (Fsp3) is 0.400. The third-order valence-electron chi connectivity index (χ3n) is 2.96. The summed E-state index contributed by atoms with van der Waals surface area (Å²) in [4.78, 5) is 0. The van der Waals surface area contributed by atoms with E-state index >= 15 is 0 Å². The lowest BCUT2D eigenvalue weighted by molar-refractivity contribution is 0.198. The highest BCUT2D eigenvalue weighted by Gasteiger charge is 2.10. The van der Waals surface area contributed by atoms with E-state index in [1.165, 1.54) is 0 Å². The van der Waals surface area contributed by atoms with E-state index in [1.807, 2.05) is 13.0 Å². The van der Waals surface area contributed by atoms with Gasteiger partial charge in [-0.15, -0.1) is 0 Å². The molecule has 1 heterocycles. The molecule has 0 aliphatic heterocycles. The molecular formula is C15H19BrN2O3. The Balaban J connectivity index is 2.06. The Morgan fingerprint density at radius 3 is 2.95 bits per heavy atom. The van der Waals surface area contributed by atoms with Crippen LogP contribution in [0.2, 0.25) is 0 Å². The Morgan fingerprint density at radius 1 is 1.38 bits per heavy atom. The number of nitrogens with zero attached hydrogens (tertiary/aromatic N) is 1. The van der Waals surface area contributed by atoms with Crippen molar-refractivity contribution >= 4 is 15.9 Å². The van der Waals surface area contributed by atoms with Crippen LogP contribution < -0.4 is 10.1 Å². The van der Waals surface area contributed by atoms with Gasteiger partial charge < -0.3 is 19.3 Å². The first kappa shape index (κ1) is 16.0. The van der Waals surface area contributed by atoms with E-state index in [9.17, 15) is 0 Å². The van der Waals surface area contributed by atoms with Gasteiger partial charge in [-0.1, -0.05) is 21.1 Å². The molecule has 1 aromatic carbocycles. The number of rotatable bonds is 8. The lowest BCUT2D eigenvalue weighted by Gasteiger charge is -2.15. The van der Waals surface area contributed by atoms with Crippen LogP contribution in [0.1, 0.15) is 16.9 Å². The monoisotopic (exact) mass is 354 g/mol. The molecule has 2 rings (SSSR count). The molecule has 6 heteroatoms. The van der Waals surface area contributed by atoms with Gasteiger partial charge in [0.05, 0.1) is 12.8 Å². The summed E-state index contributed by atoms with van der Waals surface area (Å²) in [7, 11) is 1.69. The summed E-state index contributed by atoms with van der Waals surface area (Å²) in [5.74, 6) is 1.58. The van der Waals surface area contributed by atoms with E-state index in [4.69, 9.17) is 14.0 Å². The van der Waals surface area contributed by atoms with Gasteiger partial charge in [0.1, 0.15) is 12.4 Å². The Kier molecular flexibility index (Phi) is 6.22. The van der Waals surface area contributed by atoms with Crippen molar-refractivity contribution in [3.63, 3.8) is 0 Å². The lowest BCUT2D eigenvalue weighted by Crippen LogP contribution is -2.19. The zero-order valence-corrected chi connectivity index (χ0v) is 13.8. The second-order valence-electron chi connectivity index (χ2n) is 4.65. The highest BCUT2D eigenvalue weighted by molar-refractivity contribution is 9.10. The van der Waals surface area contributed by atoms with Crippen LogP contribution in [-0.4, -0.2) is 25.4 Å². The molecule has 21 heavy (non-hydrogen) atoms. The molecule has 0 spiro atoms. The molecule has 0 aliphatic carbocycles. The average molecular weight is 355 g/mol. The first-order valence-corrected chi connectivity index (χ1v) is 7.51. The van der Waals surface area contributed by atoms with Crippen molar-refractivity contribution < 1.29 is 14.0 Å². The van der Waals surface area contributed by atoms with Crippen molar-refractivity contribution in [1.82, 2.24) is 10.5 Å². The summed E-state index contributed by atoms with van der Waals surface area (Å²) in [5.41, 5.74) is 2.17. The Bertz CT molecular complexity index is 558. The van der Waals surface area contributed by atoms with E-state index in [0.717, 1.165) is 34.4 Å². The van der Waals surface area contributed by atoms with Crippen molar-refractivity contribution in [2.24, 2.45) is 0 Å². The minimum atomic E-state index is 0.369. The second-order valence-corrected chi connectivity index (χ2v) is 5.56. The number of aromatic nitrogens is 1.